The highest BCUT2D eigenvalue weighted by Gasteiger charge is 2.41. The van der Waals surface area contributed by atoms with Crippen LogP contribution in [0.2, 0.25) is 0 Å². The number of carbonyl (C=O) groups excluding carboxylic acids is 1. The molecule has 1 amide bonds. The summed E-state index contributed by atoms with van der Waals surface area (Å²) in [5.74, 6) is -0.365. The first-order valence-electron chi connectivity index (χ1n) is 6.29. The maximum Gasteiger partial charge on any atom is 0.412 e. The van der Waals surface area contributed by atoms with E-state index >= 15 is 0 Å². The molecule has 0 aliphatic heterocycles. The number of alkyl halides is 3. The van der Waals surface area contributed by atoms with Gasteiger partial charge in [-0.3, -0.25) is 9.89 Å². The average Bonchev–Trinajstić information content (AvgIpc) is 2.88. The summed E-state index contributed by atoms with van der Waals surface area (Å²) in [4.78, 5) is 15.7. The predicted molar refractivity (Wildman–Crippen MR) is 75.2 cm³/mol. The van der Waals surface area contributed by atoms with Gasteiger partial charge in [0.15, 0.2) is 6.04 Å². The number of benzene rings is 1. The Kier molecular flexibility index (Phi) is 5.07. The Balaban J connectivity index is 2.00. The van der Waals surface area contributed by atoms with Crippen molar-refractivity contribution in [3.05, 3.63) is 41.7 Å². The summed E-state index contributed by atoms with van der Waals surface area (Å²) in [7, 11) is 0. The van der Waals surface area contributed by atoms with Gasteiger partial charge in [0.25, 0.3) is 0 Å². The van der Waals surface area contributed by atoms with Crippen molar-refractivity contribution in [3.8, 4) is 0 Å². The number of H-pyrrole nitrogens is 1. The molecule has 0 unspecified atom stereocenters. The van der Waals surface area contributed by atoms with Crippen LogP contribution < -0.4 is 5.32 Å². The molecule has 0 aliphatic carbocycles. The number of halogens is 3. The number of aromatic nitrogens is 3. The van der Waals surface area contributed by atoms with Gasteiger partial charge < -0.3 is 5.32 Å². The van der Waals surface area contributed by atoms with Crippen molar-refractivity contribution in [3.63, 3.8) is 0 Å². The van der Waals surface area contributed by atoms with E-state index in [0.29, 0.717) is 11.0 Å². The van der Waals surface area contributed by atoms with Crippen molar-refractivity contribution >= 4 is 17.7 Å². The smallest absolute Gasteiger partial charge is 0.340 e. The van der Waals surface area contributed by atoms with E-state index in [1.54, 1.807) is 13.0 Å². The minimum absolute atomic E-state index is 0.0120. The van der Waals surface area contributed by atoms with E-state index in [0.717, 1.165) is 11.8 Å². The Morgan fingerprint density at radius 2 is 2.05 bits per heavy atom. The molecule has 118 valence electrons. The number of rotatable bonds is 5. The Morgan fingerprint density at radius 1 is 1.36 bits per heavy atom. The first-order chi connectivity index (χ1) is 10.4. The summed E-state index contributed by atoms with van der Waals surface area (Å²) in [6.45, 7) is 1.69. The van der Waals surface area contributed by atoms with Crippen LogP contribution in [-0.4, -0.2) is 33.0 Å². The monoisotopic (exact) mass is 330 g/mol. The van der Waals surface area contributed by atoms with Crippen molar-refractivity contribution < 1.29 is 18.0 Å². The highest BCUT2D eigenvalue weighted by molar-refractivity contribution is 7.99. The summed E-state index contributed by atoms with van der Waals surface area (Å²) in [6, 6.07) is 5.21. The number of hydrogen-bond acceptors (Lipinski definition) is 4. The van der Waals surface area contributed by atoms with Crippen molar-refractivity contribution in [2.24, 2.45) is 0 Å². The van der Waals surface area contributed by atoms with Gasteiger partial charge in [0.1, 0.15) is 5.82 Å². The Hall–Kier alpha value is -2.03. The molecule has 0 saturated heterocycles. The molecule has 1 heterocycles. The van der Waals surface area contributed by atoms with Gasteiger partial charge in [0.2, 0.25) is 11.1 Å². The quantitative estimate of drug-likeness (QED) is 0.827. The second-order valence-electron chi connectivity index (χ2n) is 4.44. The number of aromatic amines is 1. The van der Waals surface area contributed by atoms with Crippen LogP contribution >= 0.6 is 11.8 Å². The summed E-state index contributed by atoms with van der Waals surface area (Å²) in [6.07, 6.45) is -4.57. The second kappa shape index (κ2) is 6.82. The number of hydrogen-bond donors (Lipinski definition) is 2. The number of nitrogens with one attached hydrogen (secondary N) is 2. The average molecular weight is 330 g/mol. The molecule has 1 aromatic heterocycles. The van der Waals surface area contributed by atoms with Crippen molar-refractivity contribution in [1.29, 1.82) is 0 Å². The van der Waals surface area contributed by atoms with Crippen molar-refractivity contribution in [2.75, 3.05) is 5.75 Å². The molecule has 0 fully saturated rings. The van der Waals surface area contributed by atoms with Crippen LogP contribution in [0.5, 0.6) is 0 Å². The van der Waals surface area contributed by atoms with E-state index in [9.17, 15) is 18.0 Å². The highest BCUT2D eigenvalue weighted by Crippen LogP contribution is 2.32. The van der Waals surface area contributed by atoms with Gasteiger partial charge >= 0.3 is 6.18 Å². The zero-order valence-electron chi connectivity index (χ0n) is 11.5. The van der Waals surface area contributed by atoms with E-state index in [4.69, 9.17) is 0 Å². The fourth-order valence-corrected chi connectivity index (χ4v) is 2.37. The third kappa shape index (κ3) is 4.48. The predicted octanol–water partition coefficient (Wildman–Crippen LogP) is 2.63. The van der Waals surface area contributed by atoms with Gasteiger partial charge in [-0.25, -0.2) is 4.98 Å². The molecular formula is C13H13F3N4OS. The van der Waals surface area contributed by atoms with Crippen LogP contribution in [0.4, 0.5) is 13.2 Å². The first kappa shape index (κ1) is 16.3. The summed E-state index contributed by atoms with van der Waals surface area (Å²) in [5.41, 5.74) is -0.0120. The van der Waals surface area contributed by atoms with Gasteiger partial charge in [-0.15, -0.1) is 5.10 Å². The second-order valence-corrected chi connectivity index (χ2v) is 5.39. The van der Waals surface area contributed by atoms with Crippen molar-refractivity contribution in [2.45, 2.75) is 24.3 Å². The number of amides is 1. The van der Waals surface area contributed by atoms with Crippen LogP contribution in [0, 0.1) is 6.92 Å². The summed E-state index contributed by atoms with van der Waals surface area (Å²) < 4.78 is 39.2. The largest absolute Gasteiger partial charge is 0.412 e. The van der Waals surface area contributed by atoms with Gasteiger partial charge in [-0.1, -0.05) is 42.1 Å². The lowest BCUT2D eigenvalue weighted by atomic mass is 10.1. The molecule has 5 nitrogen and oxygen atoms in total. The molecule has 0 aliphatic rings. The van der Waals surface area contributed by atoms with Crippen LogP contribution in [0.1, 0.15) is 17.4 Å². The number of thioether (sulfide) groups is 1. The number of aryl methyl sites for hydroxylation is 1. The highest BCUT2D eigenvalue weighted by atomic mass is 32.2. The SMILES string of the molecule is Cc1nc(SCC(=O)N[C@H](c2ccccc2)C(F)(F)F)n[nH]1. The zero-order valence-corrected chi connectivity index (χ0v) is 12.3. The molecule has 0 bridgehead atoms. The molecule has 22 heavy (non-hydrogen) atoms. The maximum atomic E-state index is 13.1. The Morgan fingerprint density at radius 3 is 2.59 bits per heavy atom. The van der Waals surface area contributed by atoms with Crippen molar-refractivity contribution in [1.82, 2.24) is 20.5 Å². The van der Waals surface area contributed by atoms with Crippen LogP contribution in [0.15, 0.2) is 35.5 Å². The topological polar surface area (TPSA) is 70.7 Å². The van der Waals surface area contributed by atoms with Crippen LogP contribution in [-0.2, 0) is 4.79 Å². The molecule has 0 radical (unpaired) electrons. The lowest BCUT2D eigenvalue weighted by molar-refractivity contribution is -0.162. The lowest BCUT2D eigenvalue weighted by Gasteiger charge is -2.21. The zero-order chi connectivity index (χ0) is 16.2. The molecular weight excluding hydrogens is 317 g/mol. The van der Waals surface area contributed by atoms with E-state index in [2.05, 4.69) is 15.2 Å². The molecule has 9 heteroatoms. The first-order valence-corrected chi connectivity index (χ1v) is 7.27. The van der Waals surface area contributed by atoms with Gasteiger partial charge in [0.05, 0.1) is 5.75 Å². The van der Waals surface area contributed by atoms with E-state index < -0.39 is 18.1 Å². The fourth-order valence-electron chi connectivity index (χ4n) is 1.72. The van der Waals surface area contributed by atoms with Crippen LogP contribution in [0.3, 0.4) is 0 Å². The molecule has 2 rings (SSSR count). The maximum absolute atomic E-state index is 13.1. The Bertz CT molecular complexity index is 630. The normalized spacial score (nSPS) is 12.9. The lowest BCUT2D eigenvalue weighted by Crippen LogP contribution is -2.39. The number of carbonyl (C=O) groups is 1. The summed E-state index contributed by atoms with van der Waals surface area (Å²) in [5, 5.41) is 8.70. The minimum Gasteiger partial charge on any atom is -0.340 e. The van der Waals surface area contributed by atoms with E-state index in [-0.39, 0.29) is 11.3 Å². The third-order valence-corrected chi connectivity index (χ3v) is 3.52. The van der Waals surface area contributed by atoms with E-state index in [1.807, 2.05) is 5.32 Å². The Labute approximate surface area is 128 Å². The van der Waals surface area contributed by atoms with Crippen LogP contribution in [0.25, 0.3) is 0 Å². The van der Waals surface area contributed by atoms with Gasteiger partial charge in [0, 0.05) is 0 Å². The van der Waals surface area contributed by atoms with E-state index in [1.165, 1.54) is 24.3 Å². The molecule has 1 atom stereocenters. The molecule has 1 aromatic carbocycles. The minimum atomic E-state index is -4.57. The number of nitrogens with zero attached hydrogens (tertiary/aromatic N) is 2. The molecule has 2 N–H and O–H groups in total. The van der Waals surface area contributed by atoms with Gasteiger partial charge in [-0.05, 0) is 12.5 Å². The standard InChI is InChI=1S/C13H13F3N4OS/c1-8-17-12(20-19-8)22-7-10(21)18-11(13(14,15)16)9-5-3-2-4-6-9/h2-6,11H,7H2,1H3,(H,18,21)(H,17,19,20)/t11-/m1/s1. The third-order valence-electron chi connectivity index (χ3n) is 2.67. The van der Waals surface area contributed by atoms with Gasteiger partial charge in [-0.2, -0.15) is 13.2 Å². The molecule has 2 aromatic rings. The molecule has 0 spiro atoms. The fraction of sp³-hybridized carbons (Fsp3) is 0.308. The molecule has 0 saturated carbocycles. The summed E-state index contributed by atoms with van der Waals surface area (Å²) >= 11 is 0.964.